The van der Waals surface area contributed by atoms with Crippen LogP contribution in [0.15, 0.2) is 11.1 Å². The van der Waals surface area contributed by atoms with Crippen LogP contribution in [0.3, 0.4) is 0 Å². The van der Waals surface area contributed by atoms with Gasteiger partial charge in [0.25, 0.3) is 11.5 Å². The topological polar surface area (TPSA) is 67.2 Å². The van der Waals surface area contributed by atoms with Crippen molar-refractivity contribution in [1.82, 2.24) is 19.8 Å². The largest absolute Gasteiger partial charge is 0.333 e. The Morgan fingerprint density at radius 2 is 2.26 bits per heavy atom. The lowest BCUT2D eigenvalue weighted by Gasteiger charge is -2.51. The molecule has 0 aliphatic carbocycles. The molecule has 2 aliphatic rings. The molecule has 2 aromatic rings. The summed E-state index contributed by atoms with van der Waals surface area (Å²) in [7, 11) is 0. The number of carbonyl (C=O) groups is 1. The Labute approximate surface area is 163 Å². The Balaban J connectivity index is 1.73. The van der Waals surface area contributed by atoms with Gasteiger partial charge in [-0.05, 0) is 58.1 Å². The Kier molecular flexibility index (Phi) is 4.84. The number of fused-ring (bicyclic) bond motifs is 2. The minimum atomic E-state index is -0.0301. The average Bonchev–Trinajstić information content (AvgIpc) is 3.00. The Morgan fingerprint density at radius 3 is 3.04 bits per heavy atom. The number of likely N-dealkylation sites (tertiary alicyclic amines) is 1. The molecule has 0 unspecified atom stereocenters. The van der Waals surface area contributed by atoms with Crippen LogP contribution >= 0.6 is 11.3 Å². The van der Waals surface area contributed by atoms with Gasteiger partial charge >= 0.3 is 0 Å². The predicted octanol–water partition coefficient (Wildman–Crippen LogP) is 2.92. The van der Waals surface area contributed by atoms with E-state index < -0.39 is 0 Å². The van der Waals surface area contributed by atoms with E-state index in [2.05, 4.69) is 22.1 Å². The van der Waals surface area contributed by atoms with E-state index in [9.17, 15) is 9.59 Å². The zero-order valence-electron chi connectivity index (χ0n) is 16.4. The van der Waals surface area contributed by atoms with E-state index in [-0.39, 0.29) is 23.0 Å². The van der Waals surface area contributed by atoms with Gasteiger partial charge in [-0.25, -0.2) is 4.98 Å². The van der Waals surface area contributed by atoms with Gasteiger partial charge in [0.15, 0.2) is 0 Å². The highest BCUT2D eigenvalue weighted by Crippen LogP contribution is 2.36. The molecular formula is C20H28N4O2S. The van der Waals surface area contributed by atoms with Crippen molar-refractivity contribution in [2.45, 2.75) is 71.0 Å². The smallest absolute Gasteiger partial charge is 0.264 e. The summed E-state index contributed by atoms with van der Waals surface area (Å²) in [6, 6.07) is 0.224. The molecule has 0 bridgehead atoms. The van der Waals surface area contributed by atoms with Gasteiger partial charge in [0, 0.05) is 24.7 Å². The van der Waals surface area contributed by atoms with E-state index in [0.717, 1.165) is 50.8 Å². The number of amides is 1. The van der Waals surface area contributed by atoms with Gasteiger partial charge in [-0.15, -0.1) is 11.3 Å². The van der Waals surface area contributed by atoms with Crippen molar-refractivity contribution in [2.24, 2.45) is 0 Å². The fraction of sp³-hybridized carbons (Fsp3) is 0.650. The van der Waals surface area contributed by atoms with Gasteiger partial charge in [0.05, 0.1) is 16.6 Å². The molecule has 0 aromatic carbocycles. The van der Waals surface area contributed by atoms with E-state index >= 15 is 0 Å². The van der Waals surface area contributed by atoms with Gasteiger partial charge in [-0.2, -0.15) is 0 Å². The summed E-state index contributed by atoms with van der Waals surface area (Å²) >= 11 is 1.37. The number of thiophene rings is 1. The van der Waals surface area contributed by atoms with Gasteiger partial charge in [0.1, 0.15) is 4.83 Å². The molecule has 0 saturated carbocycles. The molecule has 4 heterocycles. The molecule has 2 aromatic heterocycles. The molecule has 2 fully saturated rings. The molecule has 2 atom stereocenters. The van der Waals surface area contributed by atoms with Crippen molar-refractivity contribution in [3.8, 4) is 0 Å². The number of aromatic nitrogens is 2. The Morgan fingerprint density at radius 1 is 1.44 bits per heavy atom. The molecule has 4 rings (SSSR count). The van der Waals surface area contributed by atoms with Crippen LogP contribution in [0.2, 0.25) is 0 Å². The van der Waals surface area contributed by atoms with Gasteiger partial charge in [0.2, 0.25) is 0 Å². The third-order valence-corrected chi connectivity index (χ3v) is 7.41. The van der Waals surface area contributed by atoms with Gasteiger partial charge in [-0.3, -0.25) is 14.2 Å². The van der Waals surface area contributed by atoms with Crippen LogP contribution in [0.1, 0.15) is 61.2 Å². The van der Waals surface area contributed by atoms with Crippen LogP contribution in [0.5, 0.6) is 0 Å². The second kappa shape index (κ2) is 7.02. The third-order valence-electron chi connectivity index (χ3n) is 6.23. The normalized spacial score (nSPS) is 25.6. The quantitative estimate of drug-likeness (QED) is 0.878. The second-order valence-corrected chi connectivity index (χ2v) is 9.08. The van der Waals surface area contributed by atoms with E-state index in [1.807, 2.05) is 13.8 Å². The summed E-state index contributed by atoms with van der Waals surface area (Å²) in [6.45, 7) is 8.66. The second-order valence-electron chi connectivity index (χ2n) is 8.08. The fourth-order valence-corrected chi connectivity index (χ4v) is 5.87. The maximum Gasteiger partial charge on any atom is 0.264 e. The van der Waals surface area contributed by atoms with E-state index in [4.69, 9.17) is 0 Å². The molecule has 1 amide bonds. The highest BCUT2D eigenvalue weighted by atomic mass is 32.1. The number of piperidine rings is 2. The lowest BCUT2D eigenvalue weighted by Crippen LogP contribution is -2.65. The minimum absolute atomic E-state index is 0.00282. The number of hydrogen-bond acceptors (Lipinski definition) is 5. The zero-order chi connectivity index (χ0) is 19.2. The highest BCUT2D eigenvalue weighted by Gasteiger charge is 2.44. The minimum Gasteiger partial charge on any atom is -0.333 e. The van der Waals surface area contributed by atoms with Crippen LogP contribution < -0.4 is 10.9 Å². The maximum absolute atomic E-state index is 13.5. The zero-order valence-corrected chi connectivity index (χ0v) is 17.2. The first kappa shape index (κ1) is 18.6. The number of carbonyl (C=O) groups excluding carboxylic acids is 1. The monoisotopic (exact) mass is 388 g/mol. The van der Waals surface area contributed by atoms with Crippen molar-refractivity contribution in [2.75, 3.05) is 13.1 Å². The predicted molar refractivity (Wildman–Crippen MR) is 109 cm³/mol. The lowest BCUT2D eigenvalue weighted by atomic mass is 9.78. The van der Waals surface area contributed by atoms with Crippen molar-refractivity contribution >= 4 is 27.5 Å². The van der Waals surface area contributed by atoms with Crippen molar-refractivity contribution in [1.29, 1.82) is 0 Å². The summed E-state index contributed by atoms with van der Waals surface area (Å²) < 4.78 is 1.65. The third kappa shape index (κ3) is 3.01. The van der Waals surface area contributed by atoms with Crippen molar-refractivity contribution in [3.05, 3.63) is 27.1 Å². The van der Waals surface area contributed by atoms with Crippen LogP contribution in [0.4, 0.5) is 0 Å². The number of hydrogen-bond donors (Lipinski definition) is 1. The maximum atomic E-state index is 13.5. The average molecular weight is 389 g/mol. The van der Waals surface area contributed by atoms with E-state index in [1.54, 1.807) is 10.9 Å². The van der Waals surface area contributed by atoms with Crippen LogP contribution in [-0.2, 0) is 6.54 Å². The summed E-state index contributed by atoms with van der Waals surface area (Å²) in [4.78, 5) is 34.2. The molecule has 0 radical (unpaired) electrons. The number of nitrogens with one attached hydrogen (secondary N) is 1. The number of aryl methyl sites for hydroxylation is 2. The van der Waals surface area contributed by atoms with E-state index in [1.165, 1.54) is 11.3 Å². The van der Waals surface area contributed by atoms with Crippen LogP contribution in [0.25, 0.3) is 10.2 Å². The molecule has 2 saturated heterocycles. The molecule has 6 nitrogen and oxygen atoms in total. The van der Waals surface area contributed by atoms with Crippen LogP contribution in [-0.4, -0.2) is 45.0 Å². The highest BCUT2D eigenvalue weighted by molar-refractivity contribution is 7.20. The van der Waals surface area contributed by atoms with Gasteiger partial charge < -0.3 is 10.2 Å². The molecular weight excluding hydrogens is 360 g/mol. The first-order valence-corrected chi connectivity index (χ1v) is 10.8. The number of nitrogens with zero attached hydrogens (tertiary/aromatic N) is 3. The summed E-state index contributed by atoms with van der Waals surface area (Å²) in [5.41, 5.74) is 0.763. The fourth-order valence-electron chi connectivity index (χ4n) is 4.77. The molecule has 2 aliphatic heterocycles. The summed E-state index contributed by atoms with van der Waals surface area (Å²) in [6.07, 6.45) is 6.75. The molecule has 27 heavy (non-hydrogen) atoms. The molecule has 1 N–H and O–H groups in total. The first-order valence-electron chi connectivity index (χ1n) is 10.0. The SMILES string of the molecule is CCCn1cnc2sc(C(=O)N3CCC[C@]4(C)NCCC[C@@H]34)c(C)c2c1=O. The van der Waals surface area contributed by atoms with Gasteiger partial charge in [-0.1, -0.05) is 6.92 Å². The first-order chi connectivity index (χ1) is 13.0. The summed E-state index contributed by atoms with van der Waals surface area (Å²) in [5.74, 6) is 0.0663. The van der Waals surface area contributed by atoms with Crippen LogP contribution in [0, 0.1) is 6.92 Å². The molecule has 146 valence electrons. The lowest BCUT2D eigenvalue weighted by molar-refractivity contribution is 0.0257. The standard InChI is InChI=1S/C20H28N4O2S/c1-4-10-23-12-21-17-15(18(23)25)13(2)16(27-17)19(26)24-11-6-8-20(3)14(24)7-5-9-22-20/h12,14,22H,4-11H2,1-3H3/t14-,20+/m1/s1. The van der Waals surface area contributed by atoms with Crippen molar-refractivity contribution < 1.29 is 4.79 Å². The molecule has 7 heteroatoms. The molecule has 0 spiro atoms. The Hall–Kier alpha value is -1.73. The Bertz CT molecular complexity index is 930. The van der Waals surface area contributed by atoms with Crippen molar-refractivity contribution in [3.63, 3.8) is 0 Å². The number of rotatable bonds is 3. The summed E-state index contributed by atoms with van der Waals surface area (Å²) in [5, 5.41) is 4.26. The van der Waals surface area contributed by atoms with E-state index in [0.29, 0.717) is 21.6 Å².